The quantitative estimate of drug-likeness (QED) is 0.749. The molecule has 166 valence electrons. The maximum Gasteiger partial charge on any atom is 0.411 e. The molecule has 0 radical (unpaired) electrons. The Morgan fingerprint density at radius 2 is 1.77 bits per heavy atom. The lowest BCUT2D eigenvalue weighted by Crippen LogP contribution is -2.49. The minimum Gasteiger partial charge on any atom is -0.439 e. The molecule has 0 aliphatic carbocycles. The molecule has 0 saturated carbocycles. The number of carbonyl (C=O) groups excluding carboxylic acids is 2. The third-order valence-electron chi connectivity index (χ3n) is 6.46. The van der Waals surface area contributed by atoms with Gasteiger partial charge in [0.15, 0.2) is 0 Å². The predicted molar refractivity (Wildman–Crippen MR) is 118 cm³/mol. The van der Waals surface area contributed by atoms with Crippen LogP contribution in [0.25, 0.3) is 0 Å². The number of carbonyl (C=O) groups is 2. The van der Waals surface area contributed by atoms with E-state index in [-0.39, 0.29) is 35.6 Å². The van der Waals surface area contributed by atoms with Crippen molar-refractivity contribution in [1.29, 1.82) is 0 Å². The van der Waals surface area contributed by atoms with E-state index in [2.05, 4.69) is 25.9 Å². The molecule has 2 amide bonds. The highest BCUT2D eigenvalue weighted by atomic mass is 16.6. The highest BCUT2D eigenvalue weighted by Gasteiger charge is 2.44. The molecule has 7 nitrogen and oxygen atoms in total. The van der Waals surface area contributed by atoms with Gasteiger partial charge in [0.1, 0.15) is 11.8 Å². The summed E-state index contributed by atoms with van der Waals surface area (Å²) in [7, 11) is 1.82. The van der Waals surface area contributed by atoms with Crippen LogP contribution in [0.1, 0.15) is 68.4 Å². The van der Waals surface area contributed by atoms with Gasteiger partial charge >= 0.3 is 6.09 Å². The Kier molecular flexibility index (Phi) is 5.54. The Morgan fingerprint density at radius 3 is 2.35 bits per heavy atom. The summed E-state index contributed by atoms with van der Waals surface area (Å²) in [6.07, 6.45) is 0.985. The van der Waals surface area contributed by atoms with Gasteiger partial charge in [0.25, 0.3) is 5.91 Å². The molecular formula is C24H32N4O3. The van der Waals surface area contributed by atoms with Gasteiger partial charge in [0.05, 0.1) is 11.7 Å². The average molecular weight is 425 g/mol. The summed E-state index contributed by atoms with van der Waals surface area (Å²) in [4.78, 5) is 29.5. The van der Waals surface area contributed by atoms with E-state index in [4.69, 9.17) is 4.74 Å². The van der Waals surface area contributed by atoms with Gasteiger partial charge in [-0.15, -0.1) is 0 Å². The summed E-state index contributed by atoms with van der Waals surface area (Å²) in [5.74, 6) is 0.00293. The van der Waals surface area contributed by atoms with Crippen LogP contribution < -0.4 is 0 Å². The number of rotatable bonds is 3. The first-order valence-electron chi connectivity index (χ1n) is 11.0. The van der Waals surface area contributed by atoms with Gasteiger partial charge in [-0.2, -0.15) is 5.10 Å². The molecule has 31 heavy (non-hydrogen) atoms. The van der Waals surface area contributed by atoms with E-state index < -0.39 is 0 Å². The Morgan fingerprint density at radius 1 is 1.13 bits per heavy atom. The van der Waals surface area contributed by atoms with E-state index >= 15 is 0 Å². The van der Waals surface area contributed by atoms with Crippen LogP contribution in [-0.2, 0) is 17.2 Å². The zero-order chi connectivity index (χ0) is 22.3. The normalized spacial score (nSPS) is 22.7. The van der Waals surface area contributed by atoms with Crippen molar-refractivity contribution >= 4 is 12.0 Å². The summed E-state index contributed by atoms with van der Waals surface area (Å²) in [6, 6.07) is 11.8. The van der Waals surface area contributed by atoms with Crippen LogP contribution in [0.4, 0.5) is 4.79 Å². The first kappa shape index (κ1) is 21.4. The highest BCUT2D eigenvalue weighted by molar-refractivity contribution is 5.92. The third-order valence-corrected chi connectivity index (χ3v) is 6.46. The molecule has 0 unspecified atom stereocenters. The molecule has 0 spiro atoms. The van der Waals surface area contributed by atoms with Gasteiger partial charge in [0, 0.05) is 31.6 Å². The zero-order valence-electron chi connectivity index (χ0n) is 19.0. The van der Waals surface area contributed by atoms with Crippen molar-refractivity contribution in [3.05, 3.63) is 53.3 Å². The van der Waals surface area contributed by atoms with E-state index in [9.17, 15) is 9.59 Å². The minimum absolute atomic E-state index is 0.00293. The Hall–Kier alpha value is -2.83. The third kappa shape index (κ3) is 4.05. The Balaban J connectivity index is 1.41. The number of cyclic esters (lactones) is 1. The van der Waals surface area contributed by atoms with E-state index in [1.165, 1.54) is 0 Å². The average Bonchev–Trinajstić information content (AvgIpc) is 3.28. The summed E-state index contributed by atoms with van der Waals surface area (Å²) in [5, 5.41) is 4.53. The molecule has 2 atom stereocenters. The van der Waals surface area contributed by atoms with Crippen LogP contribution in [0.15, 0.2) is 36.4 Å². The lowest BCUT2D eigenvalue weighted by Gasteiger charge is -2.37. The molecule has 1 aromatic heterocycles. The molecule has 2 aliphatic rings. The van der Waals surface area contributed by atoms with Crippen LogP contribution in [0.2, 0.25) is 0 Å². The lowest BCUT2D eigenvalue weighted by molar-refractivity contribution is 0.0630. The first-order valence-corrected chi connectivity index (χ1v) is 11.0. The highest BCUT2D eigenvalue weighted by Crippen LogP contribution is 2.36. The Bertz CT molecular complexity index is 955. The summed E-state index contributed by atoms with van der Waals surface area (Å²) >= 11 is 0. The minimum atomic E-state index is -0.257. The number of benzene rings is 1. The van der Waals surface area contributed by atoms with Crippen molar-refractivity contribution in [3.63, 3.8) is 0 Å². The number of hydrogen-bond acceptors (Lipinski definition) is 4. The van der Waals surface area contributed by atoms with Gasteiger partial charge in [0.2, 0.25) is 0 Å². The number of ether oxygens (including phenoxy) is 1. The summed E-state index contributed by atoms with van der Waals surface area (Å²) in [5.41, 5.74) is 2.43. The molecule has 0 N–H and O–H groups in total. The lowest BCUT2D eigenvalue weighted by atomic mass is 9.92. The zero-order valence-corrected chi connectivity index (χ0v) is 19.0. The number of aryl methyl sites for hydroxylation is 1. The SMILES string of the molecule is C[C@H]1[C@@H](c2ccccc2)OC(=O)N1C1CCN(C(=O)c2cc(C(C)(C)C)nn2C)CC1. The van der Waals surface area contributed by atoms with Gasteiger partial charge in [-0.25, -0.2) is 4.79 Å². The molecule has 2 aromatic rings. The van der Waals surface area contributed by atoms with Crippen LogP contribution in [0.3, 0.4) is 0 Å². The standard InChI is InChI=1S/C24H32N4O3/c1-16-21(17-9-7-6-8-10-17)31-23(30)28(16)18-11-13-27(14-12-18)22(29)19-15-20(24(2,3)4)25-26(19)5/h6-10,15-16,18,21H,11-14H2,1-5H3/t16-,21-/m0/s1. The monoisotopic (exact) mass is 424 g/mol. The number of likely N-dealkylation sites (tertiary alicyclic amines) is 1. The van der Waals surface area contributed by atoms with Crippen molar-refractivity contribution in [2.75, 3.05) is 13.1 Å². The number of hydrogen-bond donors (Lipinski definition) is 0. The number of piperidine rings is 1. The first-order chi connectivity index (χ1) is 14.7. The maximum atomic E-state index is 13.1. The van der Waals surface area contributed by atoms with Gasteiger partial charge in [-0.05, 0) is 31.4 Å². The molecule has 7 heteroatoms. The van der Waals surface area contributed by atoms with Crippen LogP contribution in [0.5, 0.6) is 0 Å². The van der Waals surface area contributed by atoms with E-state index in [0.717, 1.165) is 24.1 Å². The van der Waals surface area contributed by atoms with Gasteiger partial charge in [-0.3, -0.25) is 14.4 Å². The number of nitrogens with zero attached hydrogens (tertiary/aromatic N) is 4. The second kappa shape index (κ2) is 8.02. The van der Waals surface area contributed by atoms with E-state index in [1.54, 1.807) is 4.68 Å². The fraction of sp³-hybridized carbons (Fsp3) is 0.542. The van der Waals surface area contributed by atoms with Gasteiger partial charge in [-0.1, -0.05) is 51.1 Å². The molecule has 1 aromatic carbocycles. The summed E-state index contributed by atoms with van der Waals surface area (Å²) in [6.45, 7) is 9.55. The fourth-order valence-electron chi connectivity index (χ4n) is 4.59. The van der Waals surface area contributed by atoms with Crippen LogP contribution in [0, 0.1) is 0 Å². The van der Waals surface area contributed by atoms with Gasteiger partial charge < -0.3 is 9.64 Å². The van der Waals surface area contributed by atoms with Crippen molar-refractivity contribution in [1.82, 2.24) is 19.6 Å². The largest absolute Gasteiger partial charge is 0.439 e. The summed E-state index contributed by atoms with van der Waals surface area (Å²) < 4.78 is 7.39. The van der Waals surface area contributed by atoms with Crippen molar-refractivity contribution in [2.24, 2.45) is 7.05 Å². The molecule has 2 aliphatic heterocycles. The van der Waals surface area contributed by atoms with Crippen molar-refractivity contribution in [3.8, 4) is 0 Å². The maximum absolute atomic E-state index is 13.1. The molecular weight excluding hydrogens is 392 g/mol. The molecule has 0 bridgehead atoms. The smallest absolute Gasteiger partial charge is 0.411 e. The molecule has 2 fully saturated rings. The van der Waals surface area contributed by atoms with E-state index in [1.807, 2.05) is 60.2 Å². The fourth-order valence-corrected chi connectivity index (χ4v) is 4.59. The topological polar surface area (TPSA) is 67.7 Å². The van der Waals surface area contributed by atoms with Crippen LogP contribution >= 0.6 is 0 Å². The van der Waals surface area contributed by atoms with E-state index in [0.29, 0.717) is 18.8 Å². The van der Waals surface area contributed by atoms with Crippen LogP contribution in [-0.4, -0.2) is 56.8 Å². The Labute approximate surface area is 184 Å². The second-order valence-electron chi connectivity index (χ2n) is 9.67. The molecule has 4 rings (SSSR count). The van der Waals surface area contributed by atoms with Crippen molar-refractivity contribution < 1.29 is 14.3 Å². The second-order valence-corrected chi connectivity index (χ2v) is 9.67. The molecule has 3 heterocycles. The number of amides is 2. The predicted octanol–water partition coefficient (Wildman–Crippen LogP) is 3.90. The molecule has 2 saturated heterocycles. The van der Waals surface area contributed by atoms with Crippen molar-refractivity contribution in [2.45, 2.75) is 64.1 Å². The number of aromatic nitrogens is 2.